The Morgan fingerprint density at radius 1 is 1.26 bits per heavy atom. The molecule has 4 heteroatoms. The summed E-state index contributed by atoms with van der Waals surface area (Å²) in [4.78, 5) is 19.3. The molecule has 1 aliphatic rings. The van der Waals surface area contributed by atoms with Crippen molar-refractivity contribution in [2.45, 2.75) is 26.7 Å². The van der Waals surface area contributed by atoms with Crippen LogP contribution in [0, 0.1) is 11.8 Å². The number of aromatic nitrogens is 1. The number of likely N-dealkylation sites (tertiary alicyclic amines) is 1. The van der Waals surface area contributed by atoms with Crippen molar-refractivity contribution in [3.63, 3.8) is 0 Å². The van der Waals surface area contributed by atoms with Crippen molar-refractivity contribution in [3.8, 4) is 0 Å². The molecule has 0 unspecified atom stereocenters. The third kappa shape index (κ3) is 4.08. The molecule has 4 nitrogen and oxygen atoms in total. The van der Waals surface area contributed by atoms with E-state index in [1.807, 2.05) is 36.5 Å². The molecule has 0 spiro atoms. The molecule has 0 saturated carbocycles. The van der Waals surface area contributed by atoms with Gasteiger partial charge in [0.25, 0.3) is 0 Å². The molecule has 23 heavy (non-hydrogen) atoms. The Kier molecular flexibility index (Phi) is 4.91. The molecule has 1 aromatic heterocycles. The highest BCUT2D eigenvalue weighted by atomic mass is 16.1. The molecule has 2 aromatic rings. The summed E-state index contributed by atoms with van der Waals surface area (Å²) in [5, 5.41) is 5.18. The van der Waals surface area contributed by atoms with Gasteiger partial charge in [-0.1, -0.05) is 38.1 Å². The Hall–Kier alpha value is -1.94. The molecule has 0 aliphatic carbocycles. The van der Waals surface area contributed by atoms with Gasteiger partial charge in [0.15, 0.2) is 0 Å². The molecule has 1 saturated heterocycles. The van der Waals surface area contributed by atoms with Crippen LogP contribution in [0.3, 0.4) is 0 Å². The molecule has 122 valence electrons. The number of benzene rings is 1. The van der Waals surface area contributed by atoms with Gasteiger partial charge in [0, 0.05) is 24.0 Å². The molecule has 3 rings (SSSR count). The summed E-state index contributed by atoms with van der Waals surface area (Å²) in [6.07, 6.45) is 3.69. The average molecular weight is 311 g/mol. The summed E-state index contributed by atoms with van der Waals surface area (Å²) >= 11 is 0. The van der Waals surface area contributed by atoms with E-state index < -0.39 is 0 Å². The van der Waals surface area contributed by atoms with E-state index in [1.54, 1.807) is 0 Å². The van der Waals surface area contributed by atoms with Crippen LogP contribution in [0.25, 0.3) is 10.8 Å². The van der Waals surface area contributed by atoms with Crippen LogP contribution in [-0.4, -0.2) is 35.4 Å². The molecule has 0 radical (unpaired) electrons. The Morgan fingerprint density at radius 2 is 1.96 bits per heavy atom. The predicted molar refractivity (Wildman–Crippen MR) is 94.4 cm³/mol. The Morgan fingerprint density at radius 3 is 2.65 bits per heavy atom. The van der Waals surface area contributed by atoms with Gasteiger partial charge in [0.1, 0.15) is 5.82 Å². The molecular weight excluding hydrogens is 286 g/mol. The minimum atomic E-state index is 0.103. The topological polar surface area (TPSA) is 45.2 Å². The summed E-state index contributed by atoms with van der Waals surface area (Å²) in [6.45, 7) is 7.64. The molecule has 1 amide bonds. The lowest BCUT2D eigenvalue weighted by molar-refractivity contribution is -0.121. The third-order valence-electron chi connectivity index (χ3n) is 4.46. The monoisotopic (exact) mass is 311 g/mol. The number of anilines is 1. The van der Waals surface area contributed by atoms with Gasteiger partial charge in [-0.15, -0.1) is 0 Å². The van der Waals surface area contributed by atoms with E-state index in [9.17, 15) is 4.79 Å². The van der Waals surface area contributed by atoms with Crippen LogP contribution in [0.5, 0.6) is 0 Å². The fourth-order valence-electron chi connectivity index (χ4n) is 3.27. The maximum atomic E-state index is 12.5. The van der Waals surface area contributed by atoms with E-state index in [-0.39, 0.29) is 11.8 Å². The number of piperidine rings is 1. The summed E-state index contributed by atoms with van der Waals surface area (Å²) in [5.41, 5.74) is 0. The van der Waals surface area contributed by atoms with Crippen LogP contribution in [-0.2, 0) is 4.79 Å². The minimum Gasteiger partial charge on any atom is -0.310 e. The van der Waals surface area contributed by atoms with Crippen LogP contribution >= 0.6 is 0 Å². The fourth-order valence-corrected chi connectivity index (χ4v) is 3.27. The van der Waals surface area contributed by atoms with Crippen LogP contribution in [0.2, 0.25) is 0 Å². The van der Waals surface area contributed by atoms with E-state index in [1.165, 1.54) is 0 Å². The van der Waals surface area contributed by atoms with Crippen molar-refractivity contribution in [1.82, 2.24) is 9.88 Å². The van der Waals surface area contributed by atoms with Crippen LogP contribution in [0.15, 0.2) is 36.5 Å². The average Bonchev–Trinajstić information content (AvgIpc) is 2.55. The highest BCUT2D eigenvalue weighted by Crippen LogP contribution is 2.21. The number of amides is 1. The Labute approximate surface area is 137 Å². The highest BCUT2D eigenvalue weighted by molar-refractivity contribution is 5.94. The van der Waals surface area contributed by atoms with E-state index in [0.717, 1.165) is 43.2 Å². The number of nitrogens with one attached hydrogen (secondary N) is 1. The van der Waals surface area contributed by atoms with Gasteiger partial charge < -0.3 is 10.2 Å². The quantitative estimate of drug-likeness (QED) is 0.939. The summed E-state index contributed by atoms with van der Waals surface area (Å²) in [7, 11) is 0. The number of pyridine rings is 1. The van der Waals surface area contributed by atoms with Gasteiger partial charge in [-0.2, -0.15) is 0 Å². The summed E-state index contributed by atoms with van der Waals surface area (Å²) in [5.74, 6) is 1.55. The summed E-state index contributed by atoms with van der Waals surface area (Å²) in [6, 6.07) is 10.0. The maximum Gasteiger partial charge on any atom is 0.228 e. The lowest BCUT2D eigenvalue weighted by atomic mass is 9.95. The number of carbonyl (C=O) groups is 1. The lowest BCUT2D eigenvalue weighted by Crippen LogP contribution is -2.39. The molecule has 1 N–H and O–H groups in total. The number of nitrogens with zero attached hydrogens (tertiary/aromatic N) is 2. The molecule has 2 heterocycles. The van der Waals surface area contributed by atoms with Gasteiger partial charge >= 0.3 is 0 Å². The van der Waals surface area contributed by atoms with Crippen LogP contribution in [0.4, 0.5) is 5.82 Å². The van der Waals surface area contributed by atoms with Crippen LogP contribution in [0.1, 0.15) is 26.7 Å². The van der Waals surface area contributed by atoms with Gasteiger partial charge in [0.05, 0.1) is 0 Å². The number of fused-ring (bicyclic) bond motifs is 1. The number of hydrogen-bond acceptors (Lipinski definition) is 3. The van der Waals surface area contributed by atoms with Gasteiger partial charge in [-0.05, 0) is 43.3 Å². The van der Waals surface area contributed by atoms with Crippen molar-refractivity contribution < 1.29 is 4.79 Å². The van der Waals surface area contributed by atoms with Crippen LogP contribution < -0.4 is 5.32 Å². The standard InChI is InChI=1S/C19H25N3O/c1-14(2)13-22-9-7-15(8-10-22)19(23)21-18-11-16-5-3-4-6-17(16)12-20-18/h3-6,11-12,14-15H,7-10,13H2,1-2H3,(H,20,21,23). The zero-order chi connectivity index (χ0) is 16.2. The van der Waals surface area contributed by atoms with Crippen molar-refractivity contribution in [2.75, 3.05) is 25.0 Å². The van der Waals surface area contributed by atoms with E-state index in [0.29, 0.717) is 11.7 Å². The normalized spacial score (nSPS) is 16.8. The molecular formula is C19H25N3O. The number of carbonyl (C=O) groups excluding carboxylic acids is 1. The Bertz CT molecular complexity index is 675. The minimum absolute atomic E-state index is 0.103. The second-order valence-electron chi connectivity index (χ2n) is 6.87. The molecule has 0 bridgehead atoms. The van der Waals surface area contributed by atoms with E-state index in [2.05, 4.69) is 29.0 Å². The Balaban J connectivity index is 1.58. The lowest BCUT2D eigenvalue weighted by Gasteiger charge is -2.32. The summed E-state index contributed by atoms with van der Waals surface area (Å²) < 4.78 is 0. The van der Waals surface area contributed by atoms with Crippen molar-refractivity contribution >= 4 is 22.5 Å². The predicted octanol–water partition coefficient (Wildman–Crippen LogP) is 3.54. The van der Waals surface area contributed by atoms with Crippen molar-refractivity contribution in [1.29, 1.82) is 0 Å². The first kappa shape index (κ1) is 15.9. The fraction of sp³-hybridized carbons (Fsp3) is 0.474. The molecule has 1 aliphatic heterocycles. The maximum absolute atomic E-state index is 12.5. The largest absolute Gasteiger partial charge is 0.310 e. The van der Waals surface area contributed by atoms with E-state index >= 15 is 0 Å². The van der Waals surface area contributed by atoms with Gasteiger partial charge in [0.2, 0.25) is 5.91 Å². The SMILES string of the molecule is CC(C)CN1CCC(C(=O)Nc2cc3ccccc3cn2)CC1. The zero-order valence-corrected chi connectivity index (χ0v) is 14.0. The first-order chi connectivity index (χ1) is 11.1. The first-order valence-corrected chi connectivity index (χ1v) is 8.50. The highest BCUT2D eigenvalue weighted by Gasteiger charge is 2.25. The third-order valence-corrected chi connectivity index (χ3v) is 4.46. The second-order valence-corrected chi connectivity index (χ2v) is 6.87. The number of hydrogen-bond donors (Lipinski definition) is 1. The van der Waals surface area contributed by atoms with Gasteiger partial charge in [-0.3, -0.25) is 4.79 Å². The molecule has 1 fully saturated rings. The van der Waals surface area contributed by atoms with Crippen molar-refractivity contribution in [3.05, 3.63) is 36.5 Å². The van der Waals surface area contributed by atoms with Gasteiger partial charge in [-0.25, -0.2) is 4.98 Å². The zero-order valence-electron chi connectivity index (χ0n) is 14.0. The smallest absolute Gasteiger partial charge is 0.228 e. The van der Waals surface area contributed by atoms with E-state index in [4.69, 9.17) is 0 Å². The second kappa shape index (κ2) is 7.09. The first-order valence-electron chi connectivity index (χ1n) is 8.50. The van der Waals surface area contributed by atoms with Crippen molar-refractivity contribution in [2.24, 2.45) is 11.8 Å². The molecule has 1 aromatic carbocycles. The molecule has 0 atom stereocenters. The number of rotatable bonds is 4.